The van der Waals surface area contributed by atoms with Crippen LogP contribution in [0.1, 0.15) is 19.4 Å². The summed E-state index contributed by atoms with van der Waals surface area (Å²) in [5.41, 5.74) is 2.12. The van der Waals surface area contributed by atoms with E-state index in [2.05, 4.69) is 10.3 Å². The Hall–Kier alpha value is -1.97. The molecule has 82 valence electrons. The Morgan fingerprint density at radius 1 is 1.25 bits per heavy atom. The third-order valence-electron chi connectivity index (χ3n) is 3.23. The number of carbonyl (C=O) groups excluding carboxylic acids is 1. The minimum atomic E-state index is -0.504. The summed E-state index contributed by atoms with van der Waals surface area (Å²) in [6.07, 6.45) is 0. The minimum Gasteiger partial charge on any atom is -0.495 e. The van der Waals surface area contributed by atoms with Gasteiger partial charge in [0.2, 0.25) is 5.91 Å². The molecule has 3 rings (SSSR count). The van der Waals surface area contributed by atoms with Crippen molar-refractivity contribution in [2.24, 2.45) is 0 Å². The number of aromatic amines is 1. The number of aromatic hydroxyl groups is 1. The number of nitrogens with one attached hydrogen (secondary N) is 2. The molecule has 1 aliphatic rings. The van der Waals surface area contributed by atoms with Gasteiger partial charge in [-0.2, -0.15) is 0 Å². The van der Waals surface area contributed by atoms with E-state index in [-0.39, 0.29) is 11.8 Å². The molecule has 0 saturated carbocycles. The van der Waals surface area contributed by atoms with Gasteiger partial charge < -0.3 is 15.4 Å². The molecule has 0 radical (unpaired) electrons. The van der Waals surface area contributed by atoms with Gasteiger partial charge in [0, 0.05) is 17.1 Å². The fraction of sp³-hybridized carbons (Fsp3) is 0.250. The Kier molecular flexibility index (Phi) is 1.50. The average Bonchev–Trinajstić information content (AvgIpc) is 2.63. The van der Waals surface area contributed by atoms with Crippen LogP contribution in [0.25, 0.3) is 10.9 Å². The molecular formula is C12H12N2O2. The summed E-state index contributed by atoms with van der Waals surface area (Å²) >= 11 is 0. The number of carbonyl (C=O) groups is 1. The van der Waals surface area contributed by atoms with E-state index in [1.807, 2.05) is 26.0 Å². The van der Waals surface area contributed by atoms with Gasteiger partial charge in [0.1, 0.15) is 0 Å². The predicted octanol–water partition coefficient (Wildman–Crippen LogP) is 2.10. The van der Waals surface area contributed by atoms with Crippen LogP contribution in [0, 0.1) is 0 Å². The van der Waals surface area contributed by atoms with Gasteiger partial charge in [-0.25, -0.2) is 0 Å². The van der Waals surface area contributed by atoms with Gasteiger partial charge in [-0.1, -0.05) is 0 Å². The Morgan fingerprint density at radius 3 is 2.75 bits per heavy atom. The van der Waals surface area contributed by atoms with Crippen LogP contribution in [0.4, 0.5) is 5.69 Å². The van der Waals surface area contributed by atoms with E-state index in [1.54, 1.807) is 6.07 Å². The molecule has 0 atom stereocenters. The van der Waals surface area contributed by atoms with Crippen molar-refractivity contribution in [1.82, 2.24) is 4.98 Å². The van der Waals surface area contributed by atoms with Crippen molar-refractivity contribution in [2.45, 2.75) is 19.3 Å². The summed E-state index contributed by atoms with van der Waals surface area (Å²) in [6.45, 7) is 3.79. The Bertz CT molecular complexity index is 611. The van der Waals surface area contributed by atoms with Crippen LogP contribution >= 0.6 is 0 Å². The van der Waals surface area contributed by atoms with Crippen molar-refractivity contribution >= 4 is 22.5 Å². The smallest absolute Gasteiger partial charge is 0.234 e. The van der Waals surface area contributed by atoms with Crippen LogP contribution in [0.5, 0.6) is 5.88 Å². The van der Waals surface area contributed by atoms with Crippen LogP contribution < -0.4 is 5.32 Å². The molecule has 0 bridgehead atoms. The zero-order valence-electron chi connectivity index (χ0n) is 9.09. The van der Waals surface area contributed by atoms with Gasteiger partial charge in [0.05, 0.1) is 10.9 Å². The summed E-state index contributed by atoms with van der Waals surface area (Å²) in [5.74, 6) is 0.155. The first-order valence-corrected chi connectivity index (χ1v) is 5.16. The van der Waals surface area contributed by atoms with Crippen molar-refractivity contribution in [3.05, 3.63) is 23.8 Å². The highest BCUT2D eigenvalue weighted by Gasteiger charge is 2.38. The summed E-state index contributed by atoms with van der Waals surface area (Å²) < 4.78 is 0. The third kappa shape index (κ3) is 1.01. The van der Waals surface area contributed by atoms with Crippen LogP contribution in [0.2, 0.25) is 0 Å². The summed E-state index contributed by atoms with van der Waals surface area (Å²) in [7, 11) is 0. The molecule has 1 aromatic heterocycles. The Labute approximate surface area is 92.3 Å². The van der Waals surface area contributed by atoms with Gasteiger partial charge in [0.15, 0.2) is 5.88 Å². The number of hydrogen-bond acceptors (Lipinski definition) is 2. The lowest BCUT2D eigenvalue weighted by Crippen LogP contribution is -2.26. The van der Waals surface area contributed by atoms with Crippen molar-refractivity contribution in [3.8, 4) is 5.88 Å². The molecule has 1 aliphatic heterocycles. The highest BCUT2D eigenvalue weighted by molar-refractivity contribution is 6.08. The topological polar surface area (TPSA) is 65.1 Å². The highest BCUT2D eigenvalue weighted by atomic mass is 16.3. The zero-order chi connectivity index (χ0) is 11.5. The van der Waals surface area contributed by atoms with Gasteiger partial charge in [0.25, 0.3) is 0 Å². The molecule has 2 aromatic rings. The fourth-order valence-corrected chi connectivity index (χ4v) is 2.19. The fourth-order valence-electron chi connectivity index (χ4n) is 2.19. The van der Waals surface area contributed by atoms with E-state index in [1.165, 1.54) is 0 Å². The lowest BCUT2D eigenvalue weighted by molar-refractivity contribution is -0.119. The predicted molar refractivity (Wildman–Crippen MR) is 61.6 cm³/mol. The molecule has 1 aromatic carbocycles. The van der Waals surface area contributed by atoms with Gasteiger partial charge in [-0.3, -0.25) is 4.79 Å². The standard InChI is InChI=1S/C12H12N2O2/c1-12(2)7-3-6-4-10(15)13-8(6)5-9(7)14-11(12)16/h3-5,13,15H,1-2H3,(H,14,16). The maximum Gasteiger partial charge on any atom is 0.234 e. The number of anilines is 1. The van der Waals surface area contributed by atoms with E-state index in [0.29, 0.717) is 0 Å². The largest absolute Gasteiger partial charge is 0.495 e. The first-order valence-electron chi connectivity index (χ1n) is 5.16. The van der Waals surface area contributed by atoms with Crippen molar-refractivity contribution in [1.29, 1.82) is 0 Å². The van der Waals surface area contributed by atoms with E-state index in [9.17, 15) is 9.90 Å². The molecule has 3 N–H and O–H groups in total. The van der Waals surface area contributed by atoms with Crippen LogP contribution in [0.3, 0.4) is 0 Å². The number of benzene rings is 1. The Morgan fingerprint density at radius 2 is 2.00 bits per heavy atom. The van der Waals surface area contributed by atoms with Crippen molar-refractivity contribution in [2.75, 3.05) is 5.32 Å². The Balaban J connectivity index is 2.33. The van der Waals surface area contributed by atoms with Crippen LogP contribution in [-0.2, 0) is 10.2 Å². The minimum absolute atomic E-state index is 0.0133. The maximum absolute atomic E-state index is 11.7. The molecule has 1 amide bonds. The molecule has 16 heavy (non-hydrogen) atoms. The first-order chi connectivity index (χ1) is 7.48. The third-order valence-corrected chi connectivity index (χ3v) is 3.23. The normalized spacial score (nSPS) is 17.5. The van der Waals surface area contributed by atoms with Crippen molar-refractivity contribution < 1.29 is 9.90 Å². The number of hydrogen-bond donors (Lipinski definition) is 3. The number of amides is 1. The highest BCUT2D eigenvalue weighted by Crippen LogP contribution is 2.40. The van der Waals surface area contributed by atoms with Gasteiger partial charge >= 0.3 is 0 Å². The summed E-state index contributed by atoms with van der Waals surface area (Å²) in [5, 5.41) is 13.1. The van der Waals surface area contributed by atoms with Gasteiger partial charge in [-0.15, -0.1) is 0 Å². The second-order valence-corrected chi connectivity index (χ2v) is 4.72. The molecule has 0 saturated heterocycles. The number of fused-ring (bicyclic) bond motifs is 2. The number of H-pyrrole nitrogens is 1. The van der Waals surface area contributed by atoms with E-state index < -0.39 is 5.41 Å². The molecule has 0 unspecified atom stereocenters. The lowest BCUT2D eigenvalue weighted by atomic mass is 9.86. The molecule has 0 spiro atoms. The summed E-state index contributed by atoms with van der Waals surface area (Å²) in [4.78, 5) is 14.6. The second-order valence-electron chi connectivity index (χ2n) is 4.72. The molecule has 4 nitrogen and oxygen atoms in total. The van der Waals surface area contributed by atoms with E-state index in [4.69, 9.17) is 0 Å². The van der Waals surface area contributed by atoms with Crippen LogP contribution in [0.15, 0.2) is 18.2 Å². The molecule has 0 fully saturated rings. The SMILES string of the molecule is CC1(C)C(=O)Nc2cc3[nH]c(O)cc3cc21. The molecular weight excluding hydrogens is 204 g/mol. The molecule has 0 aliphatic carbocycles. The van der Waals surface area contributed by atoms with Crippen molar-refractivity contribution in [3.63, 3.8) is 0 Å². The van der Waals surface area contributed by atoms with E-state index >= 15 is 0 Å². The van der Waals surface area contributed by atoms with Crippen LogP contribution in [-0.4, -0.2) is 16.0 Å². The average molecular weight is 216 g/mol. The number of rotatable bonds is 0. The summed E-state index contributed by atoms with van der Waals surface area (Å²) in [6, 6.07) is 5.46. The zero-order valence-corrected chi connectivity index (χ0v) is 9.09. The molecule has 4 heteroatoms. The quantitative estimate of drug-likeness (QED) is 0.631. The van der Waals surface area contributed by atoms with Gasteiger partial charge in [-0.05, 0) is 31.5 Å². The monoisotopic (exact) mass is 216 g/mol. The lowest BCUT2D eigenvalue weighted by Gasteiger charge is -2.14. The maximum atomic E-state index is 11.7. The molecule has 2 heterocycles. The first kappa shape index (κ1) is 9.27. The number of aromatic nitrogens is 1. The second kappa shape index (κ2) is 2.58. The van der Waals surface area contributed by atoms with E-state index in [0.717, 1.165) is 22.2 Å².